The van der Waals surface area contributed by atoms with Crippen LogP contribution < -0.4 is 11.1 Å². The first-order valence-electron chi connectivity index (χ1n) is 4.62. The molecule has 0 aliphatic rings. The summed E-state index contributed by atoms with van der Waals surface area (Å²) in [6.07, 6.45) is -1.25. The van der Waals surface area contributed by atoms with Crippen LogP contribution in [0.15, 0.2) is 22.7 Å². The van der Waals surface area contributed by atoms with E-state index in [2.05, 4.69) is 21.2 Å². The van der Waals surface area contributed by atoms with Gasteiger partial charge in [0.15, 0.2) is 0 Å². The minimum Gasteiger partial charge on any atom is -0.382 e. The monoisotopic (exact) mass is 290 g/mol. The zero-order valence-corrected chi connectivity index (χ0v) is 10.00. The minimum atomic E-state index is -1.25. The van der Waals surface area contributed by atoms with Crippen molar-refractivity contribution in [3.8, 4) is 0 Å². The van der Waals surface area contributed by atoms with Crippen molar-refractivity contribution in [2.24, 2.45) is 5.73 Å². The lowest BCUT2D eigenvalue weighted by Crippen LogP contribution is -2.37. The van der Waals surface area contributed by atoms with Crippen molar-refractivity contribution < 1.29 is 14.3 Å². The normalized spacial score (nSPS) is 12.4. The van der Waals surface area contributed by atoms with Crippen LogP contribution in [0.2, 0.25) is 0 Å². The number of primary amides is 1. The maximum Gasteiger partial charge on any atom is 0.247 e. The molecular formula is C10H12BrFN2O2. The van der Waals surface area contributed by atoms with Gasteiger partial charge in [0.25, 0.3) is 0 Å². The Morgan fingerprint density at radius 1 is 1.62 bits per heavy atom. The van der Waals surface area contributed by atoms with E-state index < -0.39 is 12.0 Å². The highest BCUT2D eigenvalue weighted by atomic mass is 79.9. The van der Waals surface area contributed by atoms with Crippen molar-refractivity contribution in [3.05, 3.63) is 34.1 Å². The topological polar surface area (TPSA) is 75.4 Å². The standard InChI is InChI=1S/C10H12BrFN2O2/c11-7-2-1-6(8(12)3-7)4-14-5-9(15)10(13)16/h1-3,9,14-15H,4-5H2,(H2,13,16). The van der Waals surface area contributed by atoms with E-state index in [0.29, 0.717) is 10.0 Å². The molecule has 0 aliphatic heterocycles. The summed E-state index contributed by atoms with van der Waals surface area (Å²) in [7, 11) is 0. The first kappa shape index (κ1) is 13.1. The molecule has 0 radical (unpaired) electrons. The Morgan fingerprint density at radius 2 is 2.31 bits per heavy atom. The van der Waals surface area contributed by atoms with E-state index in [1.54, 1.807) is 12.1 Å². The third-order valence-electron chi connectivity index (χ3n) is 2.00. The number of halogens is 2. The number of hydrogen-bond acceptors (Lipinski definition) is 3. The van der Waals surface area contributed by atoms with Crippen molar-refractivity contribution in [1.82, 2.24) is 5.32 Å². The van der Waals surface area contributed by atoms with Gasteiger partial charge >= 0.3 is 0 Å². The first-order chi connectivity index (χ1) is 7.50. The van der Waals surface area contributed by atoms with E-state index in [1.807, 2.05) is 0 Å². The minimum absolute atomic E-state index is 0.00480. The lowest BCUT2D eigenvalue weighted by molar-refractivity contribution is -0.125. The van der Waals surface area contributed by atoms with Gasteiger partial charge in [0.1, 0.15) is 11.9 Å². The lowest BCUT2D eigenvalue weighted by Gasteiger charge is -2.09. The van der Waals surface area contributed by atoms with Crippen LogP contribution in [0.25, 0.3) is 0 Å². The Hall–Kier alpha value is -0.980. The van der Waals surface area contributed by atoms with E-state index >= 15 is 0 Å². The fourth-order valence-corrected chi connectivity index (χ4v) is 1.44. The van der Waals surface area contributed by atoms with Crippen LogP contribution in [0.3, 0.4) is 0 Å². The van der Waals surface area contributed by atoms with Crippen molar-refractivity contribution >= 4 is 21.8 Å². The van der Waals surface area contributed by atoms with Crippen molar-refractivity contribution in [3.63, 3.8) is 0 Å². The van der Waals surface area contributed by atoms with Gasteiger partial charge < -0.3 is 16.2 Å². The summed E-state index contributed by atoms with van der Waals surface area (Å²) in [5.41, 5.74) is 5.31. The van der Waals surface area contributed by atoms with Crippen molar-refractivity contribution in [2.75, 3.05) is 6.54 Å². The Balaban J connectivity index is 2.46. The summed E-state index contributed by atoms with van der Waals surface area (Å²) in [6.45, 7) is 0.230. The largest absolute Gasteiger partial charge is 0.382 e. The van der Waals surface area contributed by atoms with E-state index in [-0.39, 0.29) is 18.9 Å². The van der Waals surface area contributed by atoms with Crippen LogP contribution in [0.5, 0.6) is 0 Å². The summed E-state index contributed by atoms with van der Waals surface area (Å²) in [5, 5.41) is 11.8. The molecule has 0 spiro atoms. The molecule has 0 aromatic heterocycles. The zero-order valence-electron chi connectivity index (χ0n) is 8.41. The summed E-state index contributed by atoms with van der Waals surface area (Å²) in [6, 6.07) is 4.68. The van der Waals surface area contributed by atoms with E-state index in [1.165, 1.54) is 6.07 Å². The molecule has 0 fully saturated rings. The van der Waals surface area contributed by atoms with Crippen molar-refractivity contribution in [1.29, 1.82) is 0 Å². The quantitative estimate of drug-likeness (QED) is 0.740. The summed E-state index contributed by atoms with van der Waals surface area (Å²) >= 11 is 3.15. The van der Waals surface area contributed by atoms with E-state index in [4.69, 9.17) is 10.8 Å². The molecule has 4 nitrogen and oxygen atoms in total. The number of benzene rings is 1. The molecule has 88 valence electrons. The number of nitrogens with one attached hydrogen (secondary N) is 1. The molecule has 0 saturated heterocycles. The zero-order chi connectivity index (χ0) is 12.1. The highest BCUT2D eigenvalue weighted by molar-refractivity contribution is 9.10. The molecule has 16 heavy (non-hydrogen) atoms. The second-order valence-corrected chi connectivity index (χ2v) is 4.20. The Labute approximate surface area is 101 Å². The van der Waals surface area contributed by atoms with Gasteiger partial charge in [-0.1, -0.05) is 22.0 Å². The summed E-state index contributed by atoms with van der Waals surface area (Å²) in [4.78, 5) is 10.5. The number of nitrogens with two attached hydrogens (primary N) is 1. The maximum atomic E-state index is 13.3. The Kier molecular flexibility index (Phi) is 4.85. The van der Waals surface area contributed by atoms with Crippen LogP contribution >= 0.6 is 15.9 Å². The number of aliphatic hydroxyl groups is 1. The third kappa shape index (κ3) is 3.88. The smallest absolute Gasteiger partial charge is 0.247 e. The maximum absolute atomic E-state index is 13.3. The molecule has 1 rings (SSSR count). The second-order valence-electron chi connectivity index (χ2n) is 3.28. The molecule has 1 atom stereocenters. The van der Waals surface area contributed by atoms with Crippen LogP contribution in [0.1, 0.15) is 5.56 Å². The number of carbonyl (C=O) groups is 1. The van der Waals surface area contributed by atoms with Crippen LogP contribution in [0.4, 0.5) is 4.39 Å². The van der Waals surface area contributed by atoms with Gasteiger partial charge in [0.05, 0.1) is 0 Å². The number of aliphatic hydroxyl groups excluding tert-OH is 1. The number of amides is 1. The van der Waals surface area contributed by atoms with Gasteiger partial charge in [-0.05, 0) is 12.1 Å². The van der Waals surface area contributed by atoms with Crippen molar-refractivity contribution in [2.45, 2.75) is 12.6 Å². The predicted octanol–water partition coefficient (Wildman–Crippen LogP) is 0.524. The highest BCUT2D eigenvalue weighted by Gasteiger charge is 2.10. The van der Waals surface area contributed by atoms with Gasteiger partial charge in [-0.15, -0.1) is 0 Å². The number of carbonyl (C=O) groups excluding carboxylic acids is 1. The molecular weight excluding hydrogens is 279 g/mol. The van der Waals surface area contributed by atoms with Gasteiger partial charge in [0, 0.05) is 23.1 Å². The Bertz CT molecular complexity index is 387. The van der Waals surface area contributed by atoms with Gasteiger partial charge in [-0.2, -0.15) is 0 Å². The molecule has 1 aromatic rings. The molecule has 4 N–H and O–H groups in total. The average Bonchev–Trinajstić information content (AvgIpc) is 2.20. The first-order valence-corrected chi connectivity index (χ1v) is 5.42. The molecule has 0 aliphatic carbocycles. The second kappa shape index (κ2) is 5.93. The number of hydrogen-bond donors (Lipinski definition) is 3. The summed E-state index contributed by atoms with van der Waals surface area (Å²) < 4.78 is 14.0. The fourth-order valence-electron chi connectivity index (χ4n) is 1.11. The molecule has 0 saturated carbocycles. The van der Waals surface area contributed by atoms with E-state index in [9.17, 15) is 9.18 Å². The van der Waals surface area contributed by atoms with Crippen LogP contribution in [-0.2, 0) is 11.3 Å². The third-order valence-corrected chi connectivity index (χ3v) is 2.49. The van der Waals surface area contributed by atoms with Gasteiger partial charge in [-0.25, -0.2) is 4.39 Å². The van der Waals surface area contributed by atoms with E-state index in [0.717, 1.165) is 0 Å². The lowest BCUT2D eigenvalue weighted by atomic mass is 10.2. The molecule has 1 aromatic carbocycles. The molecule has 0 heterocycles. The predicted molar refractivity (Wildman–Crippen MR) is 61.0 cm³/mol. The molecule has 1 amide bonds. The van der Waals surface area contributed by atoms with Gasteiger partial charge in [-0.3, -0.25) is 4.79 Å². The summed E-state index contributed by atoms with van der Waals surface area (Å²) in [5.74, 6) is -1.15. The SMILES string of the molecule is NC(=O)C(O)CNCc1ccc(Br)cc1F. The average molecular weight is 291 g/mol. The Morgan fingerprint density at radius 3 is 2.88 bits per heavy atom. The van der Waals surface area contributed by atoms with Crippen LogP contribution in [0, 0.1) is 5.82 Å². The highest BCUT2D eigenvalue weighted by Crippen LogP contribution is 2.14. The van der Waals surface area contributed by atoms with Crippen LogP contribution in [-0.4, -0.2) is 23.7 Å². The van der Waals surface area contributed by atoms with Gasteiger partial charge in [0.2, 0.25) is 5.91 Å². The molecule has 1 unspecified atom stereocenters. The number of rotatable bonds is 5. The fraction of sp³-hybridized carbons (Fsp3) is 0.300. The molecule has 6 heteroatoms. The molecule has 0 bridgehead atoms.